The third kappa shape index (κ3) is 3.73. The van der Waals surface area contributed by atoms with Crippen molar-refractivity contribution in [3.63, 3.8) is 0 Å². The number of hydrogen-bond acceptors (Lipinski definition) is 3. The van der Waals surface area contributed by atoms with E-state index in [1.165, 1.54) is 6.92 Å². The third-order valence-electron chi connectivity index (χ3n) is 2.32. The van der Waals surface area contributed by atoms with E-state index in [-0.39, 0.29) is 5.91 Å². The highest BCUT2D eigenvalue weighted by Gasteiger charge is 2.14. The Morgan fingerprint density at radius 1 is 1.17 bits per heavy atom. The van der Waals surface area contributed by atoms with Crippen LogP contribution in [0, 0.1) is 0 Å². The Balaban J connectivity index is 3.16. The fourth-order valence-electron chi connectivity index (χ4n) is 1.50. The first kappa shape index (κ1) is 14.0. The Kier molecular flexibility index (Phi) is 5.11. The Labute approximate surface area is 107 Å². The summed E-state index contributed by atoms with van der Waals surface area (Å²) in [6, 6.07) is 9.21. The fraction of sp³-hybridized carbons (Fsp3) is 0.286. The number of rotatable bonds is 4. The van der Waals surface area contributed by atoms with E-state index in [9.17, 15) is 9.59 Å². The molecule has 1 aromatic carbocycles. The average Bonchev–Trinajstić information content (AvgIpc) is 2.36. The summed E-state index contributed by atoms with van der Waals surface area (Å²) in [5, 5.41) is 2.68. The Bertz CT molecular complexity index is 463. The molecule has 0 fully saturated rings. The van der Waals surface area contributed by atoms with Gasteiger partial charge in [0.1, 0.15) is 0 Å². The van der Waals surface area contributed by atoms with Crippen molar-refractivity contribution in [3.05, 3.63) is 41.5 Å². The van der Waals surface area contributed by atoms with E-state index in [0.717, 1.165) is 5.56 Å². The number of ether oxygens (including phenoxy) is 1. The largest absolute Gasteiger partial charge is 0.463 e. The second-order valence-corrected chi connectivity index (χ2v) is 3.77. The molecule has 0 atom stereocenters. The number of hydrogen-bond donors (Lipinski definition) is 1. The predicted octanol–water partition coefficient (Wildman–Crippen LogP) is 2.12. The third-order valence-corrected chi connectivity index (χ3v) is 2.32. The van der Waals surface area contributed by atoms with Crippen LogP contribution in [0.5, 0.6) is 0 Å². The summed E-state index contributed by atoms with van der Waals surface area (Å²) in [6.45, 7) is 5.09. The molecule has 0 spiro atoms. The summed E-state index contributed by atoms with van der Waals surface area (Å²) in [5.41, 5.74) is 1.65. The minimum Gasteiger partial charge on any atom is -0.463 e. The van der Waals surface area contributed by atoms with Crippen LogP contribution in [0.2, 0.25) is 0 Å². The van der Waals surface area contributed by atoms with Crippen LogP contribution in [0.4, 0.5) is 0 Å². The maximum atomic E-state index is 11.7. The molecule has 0 radical (unpaired) electrons. The van der Waals surface area contributed by atoms with Gasteiger partial charge in [-0.25, -0.2) is 4.79 Å². The maximum absolute atomic E-state index is 11.7. The van der Waals surface area contributed by atoms with Gasteiger partial charge < -0.3 is 10.1 Å². The number of benzene rings is 1. The van der Waals surface area contributed by atoms with Gasteiger partial charge in [-0.15, -0.1) is 0 Å². The summed E-state index contributed by atoms with van der Waals surface area (Å²) >= 11 is 0. The van der Waals surface area contributed by atoms with E-state index in [4.69, 9.17) is 4.74 Å². The summed E-state index contributed by atoms with van der Waals surface area (Å²) in [4.78, 5) is 22.9. The molecule has 0 aromatic heterocycles. The number of carbonyl (C=O) groups excluding carboxylic acids is 2. The minimum absolute atomic E-state index is 0.225. The van der Waals surface area contributed by atoms with Crippen LogP contribution in [0.15, 0.2) is 35.9 Å². The van der Waals surface area contributed by atoms with Gasteiger partial charge in [-0.2, -0.15) is 0 Å². The van der Waals surface area contributed by atoms with Crippen LogP contribution in [0.25, 0.3) is 5.70 Å². The molecule has 1 N–H and O–H groups in total. The molecular weight excluding hydrogens is 230 g/mol. The van der Waals surface area contributed by atoms with Gasteiger partial charge in [-0.3, -0.25) is 4.79 Å². The van der Waals surface area contributed by atoms with Crippen molar-refractivity contribution >= 4 is 17.6 Å². The second-order valence-electron chi connectivity index (χ2n) is 3.77. The van der Waals surface area contributed by atoms with Crippen molar-refractivity contribution in [3.8, 4) is 0 Å². The molecular formula is C14H17NO3. The van der Waals surface area contributed by atoms with Crippen LogP contribution < -0.4 is 5.32 Å². The van der Waals surface area contributed by atoms with Crippen molar-refractivity contribution in [2.45, 2.75) is 20.8 Å². The minimum atomic E-state index is -0.426. The molecule has 4 nitrogen and oxygen atoms in total. The van der Waals surface area contributed by atoms with E-state index >= 15 is 0 Å². The van der Waals surface area contributed by atoms with Crippen LogP contribution in [0.1, 0.15) is 26.3 Å². The van der Waals surface area contributed by atoms with E-state index in [2.05, 4.69) is 5.32 Å². The number of amides is 1. The van der Waals surface area contributed by atoms with Crippen LogP contribution in [0.3, 0.4) is 0 Å². The van der Waals surface area contributed by atoms with Gasteiger partial charge in [0.2, 0.25) is 5.91 Å². The molecule has 0 heterocycles. The van der Waals surface area contributed by atoms with Gasteiger partial charge in [0.25, 0.3) is 0 Å². The molecule has 4 heteroatoms. The smallest absolute Gasteiger partial charge is 0.335 e. The molecule has 0 bridgehead atoms. The van der Waals surface area contributed by atoms with E-state index in [1.54, 1.807) is 13.8 Å². The highest BCUT2D eigenvalue weighted by molar-refractivity contribution is 5.99. The molecule has 1 amide bonds. The molecule has 1 rings (SSSR count). The number of carbonyl (C=O) groups is 2. The van der Waals surface area contributed by atoms with Crippen molar-refractivity contribution in [1.82, 2.24) is 5.32 Å². The van der Waals surface area contributed by atoms with Gasteiger partial charge in [0, 0.05) is 6.92 Å². The van der Waals surface area contributed by atoms with Crippen molar-refractivity contribution in [2.75, 3.05) is 6.61 Å². The van der Waals surface area contributed by atoms with Gasteiger partial charge in [-0.05, 0) is 19.4 Å². The van der Waals surface area contributed by atoms with Gasteiger partial charge >= 0.3 is 5.97 Å². The summed E-state index contributed by atoms with van der Waals surface area (Å²) < 4.78 is 4.94. The summed E-state index contributed by atoms with van der Waals surface area (Å²) in [5.74, 6) is -0.650. The lowest BCUT2D eigenvalue weighted by atomic mass is 10.1. The molecule has 0 unspecified atom stereocenters. The van der Waals surface area contributed by atoms with Gasteiger partial charge in [0.15, 0.2) is 0 Å². The molecule has 18 heavy (non-hydrogen) atoms. The monoisotopic (exact) mass is 247 g/mol. The molecule has 1 aromatic rings. The van der Waals surface area contributed by atoms with Crippen LogP contribution >= 0.6 is 0 Å². The van der Waals surface area contributed by atoms with Crippen molar-refractivity contribution in [2.24, 2.45) is 0 Å². The van der Waals surface area contributed by atoms with Gasteiger partial charge in [-0.1, -0.05) is 30.3 Å². The summed E-state index contributed by atoms with van der Waals surface area (Å²) in [6.07, 6.45) is 0. The zero-order valence-electron chi connectivity index (χ0n) is 10.8. The zero-order valence-corrected chi connectivity index (χ0v) is 10.8. The van der Waals surface area contributed by atoms with Crippen LogP contribution in [-0.2, 0) is 14.3 Å². The lowest BCUT2D eigenvalue weighted by Crippen LogP contribution is -2.22. The lowest BCUT2D eigenvalue weighted by Gasteiger charge is -2.12. The Morgan fingerprint density at radius 2 is 1.78 bits per heavy atom. The Hall–Kier alpha value is -2.10. The second kappa shape index (κ2) is 6.59. The molecule has 0 aliphatic carbocycles. The molecule has 0 saturated heterocycles. The zero-order chi connectivity index (χ0) is 13.5. The lowest BCUT2D eigenvalue weighted by molar-refractivity contribution is -0.138. The standard InChI is InChI=1S/C14H17NO3/c1-4-18-14(17)10(2)13(15-11(3)16)12-8-6-5-7-9-12/h5-9H,4H2,1-3H3,(H,15,16)/b13-10+. The topological polar surface area (TPSA) is 55.4 Å². The highest BCUT2D eigenvalue weighted by atomic mass is 16.5. The van der Waals surface area contributed by atoms with Crippen molar-refractivity contribution in [1.29, 1.82) is 0 Å². The quantitative estimate of drug-likeness (QED) is 0.655. The number of nitrogens with one attached hydrogen (secondary N) is 1. The van der Waals surface area contributed by atoms with E-state index < -0.39 is 5.97 Å². The normalized spacial score (nSPS) is 11.5. The van der Waals surface area contributed by atoms with Crippen molar-refractivity contribution < 1.29 is 14.3 Å². The maximum Gasteiger partial charge on any atom is 0.335 e. The molecule has 0 aliphatic heterocycles. The van der Waals surface area contributed by atoms with E-state index in [1.807, 2.05) is 30.3 Å². The highest BCUT2D eigenvalue weighted by Crippen LogP contribution is 2.16. The molecule has 0 aliphatic rings. The predicted molar refractivity (Wildman–Crippen MR) is 69.5 cm³/mol. The Morgan fingerprint density at radius 3 is 2.28 bits per heavy atom. The van der Waals surface area contributed by atoms with E-state index in [0.29, 0.717) is 17.9 Å². The summed E-state index contributed by atoms with van der Waals surface area (Å²) in [7, 11) is 0. The fourth-order valence-corrected chi connectivity index (χ4v) is 1.50. The first-order valence-electron chi connectivity index (χ1n) is 5.77. The average molecular weight is 247 g/mol. The first-order valence-corrected chi connectivity index (χ1v) is 5.77. The molecule has 0 saturated carbocycles. The molecule has 96 valence electrons. The van der Waals surface area contributed by atoms with Crippen LogP contribution in [-0.4, -0.2) is 18.5 Å². The number of esters is 1. The first-order chi connectivity index (χ1) is 8.56. The SMILES string of the molecule is CCOC(=O)/C(C)=C(/NC(C)=O)c1ccccc1. The van der Waals surface area contributed by atoms with Gasteiger partial charge in [0.05, 0.1) is 17.9 Å².